The van der Waals surface area contributed by atoms with Gasteiger partial charge in [0.15, 0.2) is 6.10 Å². The molecule has 0 unspecified atom stereocenters. The molecule has 0 bridgehead atoms. The third-order valence-electron chi connectivity index (χ3n) is 3.65. The van der Waals surface area contributed by atoms with Crippen molar-refractivity contribution in [2.45, 2.75) is 20.0 Å². The van der Waals surface area contributed by atoms with E-state index in [0.29, 0.717) is 10.7 Å². The fourth-order valence-electron chi connectivity index (χ4n) is 2.20. The number of urea groups is 1. The van der Waals surface area contributed by atoms with Crippen LogP contribution in [0.3, 0.4) is 0 Å². The van der Waals surface area contributed by atoms with Gasteiger partial charge in [0.2, 0.25) is 0 Å². The number of imide groups is 1. The number of carbonyl (C=O) groups is 4. The number of nitrogens with one attached hydrogen (secondary N) is 1. The maximum atomic E-state index is 12.1. The van der Waals surface area contributed by atoms with Gasteiger partial charge in [0.1, 0.15) is 13.1 Å². The Labute approximate surface area is 149 Å². The number of ether oxygens (including phenoxy) is 1. The number of carbonyl (C=O) groups excluding carboxylic acids is 4. The van der Waals surface area contributed by atoms with Crippen LogP contribution >= 0.6 is 11.6 Å². The molecule has 0 aromatic heterocycles. The molecule has 2 rings (SSSR count). The summed E-state index contributed by atoms with van der Waals surface area (Å²) in [5.41, 5.74) is 1.31. The van der Waals surface area contributed by atoms with E-state index in [1.165, 1.54) is 18.9 Å². The minimum absolute atomic E-state index is 0.0871. The number of hydrogen-bond donors (Lipinski definition) is 1. The van der Waals surface area contributed by atoms with E-state index in [9.17, 15) is 19.2 Å². The van der Waals surface area contributed by atoms with Gasteiger partial charge in [-0.05, 0) is 31.5 Å². The van der Waals surface area contributed by atoms with Crippen molar-refractivity contribution in [1.29, 1.82) is 0 Å². The lowest BCUT2D eigenvalue weighted by molar-refractivity contribution is -0.154. The number of benzene rings is 1. The number of anilines is 1. The van der Waals surface area contributed by atoms with Gasteiger partial charge in [-0.15, -0.1) is 0 Å². The third-order valence-corrected chi connectivity index (χ3v) is 3.89. The Balaban J connectivity index is 1.92. The van der Waals surface area contributed by atoms with Gasteiger partial charge in [-0.2, -0.15) is 0 Å². The van der Waals surface area contributed by atoms with Crippen LogP contribution in [0.1, 0.15) is 12.5 Å². The number of nitrogens with zero attached hydrogens (tertiary/aromatic N) is 2. The summed E-state index contributed by atoms with van der Waals surface area (Å²) in [5.74, 6) is -1.88. The largest absolute Gasteiger partial charge is 0.451 e. The van der Waals surface area contributed by atoms with Crippen molar-refractivity contribution in [2.75, 3.05) is 25.5 Å². The van der Waals surface area contributed by atoms with E-state index in [4.69, 9.17) is 16.3 Å². The van der Waals surface area contributed by atoms with Crippen molar-refractivity contribution in [3.8, 4) is 0 Å². The molecule has 1 heterocycles. The predicted molar refractivity (Wildman–Crippen MR) is 90.1 cm³/mol. The average Bonchev–Trinajstić information content (AvgIpc) is 2.77. The number of halogens is 1. The molecule has 1 aromatic rings. The van der Waals surface area contributed by atoms with Crippen molar-refractivity contribution in [1.82, 2.24) is 9.80 Å². The highest BCUT2D eigenvalue weighted by Gasteiger charge is 2.35. The van der Waals surface area contributed by atoms with Crippen molar-refractivity contribution < 1.29 is 23.9 Å². The molecule has 25 heavy (non-hydrogen) atoms. The smallest absolute Gasteiger partial charge is 0.327 e. The van der Waals surface area contributed by atoms with E-state index >= 15 is 0 Å². The lowest BCUT2D eigenvalue weighted by Crippen LogP contribution is -2.39. The van der Waals surface area contributed by atoms with Gasteiger partial charge in [-0.25, -0.2) is 4.79 Å². The van der Waals surface area contributed by atoms with E-state index in [1.54, 1.807) is 25.1 Å². The summed E-state index contributed by atoms with van der Waals surface area (Å²) in [6, 6.07) is 4.45. The van der Waals surface area contributed by atoms with Crippen molar-refractivity contribution in [2.24, 2.45) is 0 Å². The molecule has 1 aliphatic heterocycles. The lowest BCUT2D eigenvalue weighted by Gasteiger charge is -2.17. The van der Waals surface area contributed by atoms with Gasteiger partial charge >= 0.3 is 12.0 Å². The first-order valence-electron chi connectivity index (χ1n) is 7.51. The average molecular weight is 368 g/mol. The maximum absolute atomic E-state index is 12.1. The second-order valence-electron chi connectivity index (χ2n) is 5.70. The third kappa shape index (κ3) is 4.48. The molecule has 1 aliphatic rings. The molecule has 9 heteroatoms. The molecule has 1 atom stereocenters. The number of amides is 4. The second kappa shape index (κ2) is 7.52. The second-order valence-corrected chi connectivity index (χ2v) is 6.14. The van der Waals surface area contributed by atoms with Crippen LogP contribution in [-0.4, -0.2) is 59.9 Å². The number of hydrogen-bond acceptors (Lipinski definition) is 5. The minimum Gasteiger partial charge on any atom is -0.451 e. The van der Waals surface area contributed by atoms with Crippen LogP contribution in [0.2, 0.25) is 5.02 Å². The fraction of sp³-hybridized carbons (Fsp3) is 0.375. The van der Waals surface area contributed by atoms with Crippen LogP contribution in [-0.2, 0) is 19.1 Å². The lowest BCUT2D eigenvalue weighted by atomic mass is 10.2. The number of likely N-dealkylation sites (N-methyl/N-ethyl adjacent to an activating group) is 1. The van der Waals surface area contributed by atoms with Crippen LogP contribution in [0.15, 0.2) is 18.2 Å². The number of rotatable bonds is 5. The van der Waals surface area contributed by atoms with E-state index in [0.717, 1.165) is 10.5 Å². The van der Waals surface area contributed by atoms with Gasteiger partial charge in [-0.1, -0.05) is 17.7 Å². The SMILES string of the molecule is Cc1ccc(Cl)cc1NC(=O)[C@H](C)OC(=O)CN1C(=O)CN(C)C1=O. The van der Waals surface area contributed by atoms with E-state index < -0.39 is 36.5 Å². The molecule has 0 saturated carbocycles. The Morgan fingerprint density at radius 2 is 2.04 bits per heavy atom. The normalized spacial score (nSPS) is 15.4. The Bertz CT molecular complexity index is 736. The van der Waals surface area contributed by atoms with E-state index in [1.807, 2.05) is 0 Å². The zero-order valence-electron chi connectivity index (χ0n) is 14.0. The van der Waals surface area contributed by atoms with Crippen LogP contribution < -0.4 is 5.32 Å². The van der Waals surface area contributed by atoms with Gasteiger partial charge < -0.3 is 15.0 Å². The quantitative estimate of drug-likeness (QED) is 0.627. The zero-order chi connectivity index (χ0) is 18.7. The van der Waals surface area contributed by atoms with Gasteiger partial charge in [0.25, 0.3) is 11.8 Å². The fourth-order valence-corrected chi connectivity index (χ4v) is 2.38. The highest BCUT2D eigenvalue weighted by molar-refractivity contribution is 6.31. The van der Waals surface area contributed by atoms with E-state index in [2.05, 4.69) is 5.32 Å². The number of esters is 1. The Kier molecular flexibility index (Phi) is 5.63. The highest BCUT2D eigenvalue weighted by atomic mass is 35.5. The molecule has 8 nitrogen and oxygen atoms in total. The monoisotopic (exact) mass is 367 g/mol. The molecule has 134 valence electrons. The molecule has 1 N–H and O–H groups in total. The van der Waals surface area contributed by atoms with Crippen molar-refractivity contribution >= 4 is 41.1 Å². The molecule has 0 aliphatic carbocycles. The number of aryl methyl sites for hydroxylation is 1. The standard InChI is InChI=1S/C16H18ClN3O5/c1-9-4-5-11(17)6-12(9)18-15(23)10(2)25-14(22)8-20-13(21)7-19(3)16(20)24/h4-6,10H,7-8H2,1-3H3,(H,18,23)/t10-/m0/s1. The topological polar surface area (TPSA) is 96.0 Å². The summed E-state index contributed by atoms with van der Waals surface area (Å²) in [4.78, 5) is 49.4. The molecule has 4 amide bonds. The molecule has 1 saturated heterocycles. The summed E-state index contributed by atoms with van der Waals surface area (Å²) in [6.07, 6.45) is -1.10. The maximum Gasteiger partial charge on any atom is 0.327 e. The van der Waals surface area contributed by atoms with Crippen LogP contribution in [0.5, 0.6) is 0 Å². The van der Waals surface area contributed by atoms with Gasteiger partial charge in [0.05, 0.1) is 0 Å². The van der Waals surface area contributed by atoms with E-state index in [-0.39, 0.29) is 6.54 Å². The molecular weight excluding hydrogens is 350 g/mol. The van der Waals surface area contributed by atoms with Crippen molar-refractivity contribution in [3.05, 3.63) is 28.8 Å². The highest BCUT2D eigenvalue weighted by Crippen LogP contribution is 2.20. The first-order chi connectivity index (χ1) is 11.7. The molecular formula is C16H18ClN3O5. The molecule has 1 fully saturated rings. The molecule has 0 spiro atoms. The summed E-state index contributed by atoms with van der Waals surface area (Å²) >= 11 is 5.89. The summed E-state index contributed by atoms with van der Waals surface area (Å²) in [7, 11) is 1.45. The summed E-state index contributed by atoms with van der Waals surface area (Å²) < 4.78 is 5.00. The summed E-state index contributed by atoms with van der Waals surface area (Å²) in [5, 5.41) is 3.08. The first-order valence-corrected chi connectivity index (χ1v) is 7.88. The minimum atomic E-state index is -1.10. The van der Waals surface area contributed by atoms with Gasteiger partial charge in [-0.3, -0.25) is 19.3 Å². The molecule has 1 aromatic carbocycles. The Morgan fingerprint density at radius 1 is 1.36 bits per heavy atom. The van der Waals surface area contributed by atoms with Crippen LogP contribution in [0.25, 0.3) is 0 Å². The summed E-state index contributed by atoms with van der Waals surface area (Å²) in [6.45, 7) is 2.57. The van der Waals surface area contributed by atoms with Gasteiger partial charge in [0, 0.05) is 17.8 Å². The Morgan fingerprint density at radius 3 is 2.64 bits per heavy atom. The van der Waals surface area contributed by atoms with Crippen molar-refractivity contribution in [3.63, 3.8) is 0 Å². The predicted octanol–water partition coefficient (Wildman–Crippen LogP) is 1.41. The van der Waals surface area contributed by atoms with Crippen LogP contribution in [0.4, 0.5) is 10.5 Å². The Hall–Kier alpha value is -2.61. The zero-order valence-corrected chi connectivity index (χ0v) is 14.8. The van der Waals surface area contributed by atoms with Crippen LogP contribution in [0, 0.1) is 6.92 Å². The molecule has 0 radical (unpaired) electrons. The first kappa shape index (κ1) is 18.7.